The zero-order valence-corrected chi connectivity index (χ0v) is 14.7. The average molecular weight is 310 g/mol. The van der Waals surface area contributed by atoms with Crippen LogP contribution in [-0.4, -0.2) is 34.1 Å². The Morgan fingerprint density at radius 3 is 2.59 bits per heavy atom. The summed E-state index contributed by atoms with van der Waals surface area (Å²) in [4.78, 5) is 11.3. The van der Waals surface area contributed by atoms with E-state index >= 15 is 0 Å². The molecule has 1 heterocycles. The topological polar surface area (TPSA) is 83.0 Å². The van der Waals surface area contributed by atoms with Crippen molar-refractivity contribution in [3.63, 3.8) is 0 Å². The number of primary amides is 1. The predicted octanol–water partition coefficient (Wildman–Crippen LogP) is 2.23. The van der Waals surface area contributed by atoms with E-state index in [0.717, 1.165) is 18.7 Å². The van der Waals surface area contributed by atoms with E-state index in [4.69, 9.17) is 10.5 Å². The highest BCUT2D eigenvalue weighted by atomic mass is 16.5. The molecule has 0 aromatic carbocycles. The normalized spacial score (nSPS) is 14.1. The highest BCUT2D eigenvalue weighted by molar-refractivity contribution is 5.76. The maximum absolute atomic E-state index is 11.3. The molecule has 6 heteroatoms. The number of ether oxygens (including phenoxy) is 1. The molecule has 0 radical (unpaired) electrons. The van der Waals surface area contributed by atoms with Gasteiger partial charge in [-0.1, -0.05) is 26.0 Å². The van der Waals surface area contributed by atoms with Crippen LogP contribution in [0.5, 0.6) is 0 Å². The van der Waals surface area contributed by atoms with Crippen molar-refractivity contribution in [2.75, 3.05) is 13.2 Å². The van der Waals surface area contributed by atoms with Gasteiger partial charge in [0.2, 0.25) is 5.91 Å². The summed E-state index contributed by atoms with van der Waals surface area (Å²) in [6.45, 7) is 13.6. The minimum absolute atomic E-state index is 0.0984. The number of aromatic nitrogens is 3. The van der Waals surface area contributed by atoms with Gasteiger partial charge in [-0.25, -0.2) is 4.68 Å². The fourth-order valence-electron chi connectivity index (χ4n) is 2.41. The lowest BCUT2D eigenvalue weighted by molar-refractivity contribution is -0.122. The second-order valence-electron chi connectivity index (χ2n) is 7.20. The van der Waals surface area contributed by atoms with E-state index in [0.29, 0.717) is 13.0 Å². The molecule has 1 aromatic rings. The Morgan fingerprint density at radius 2 is 2.05 bits per heavy atom. The first kappa shape index (κ1) is 18.6. The van der Waals surface area contributed by atoms with Crippen molar-refractivity contribution in [1.82, 2.24) is 15.0 Å². The third-order valence-electron chi connectivity index (χ3n) is 4.17. The highest BCUT2D eigenvalue weighted by Gasteiger charge is 2.30. The van der Waals surface area contributed by atoms with Gasteiger partial charge in [-0.2, -0.15) is 0 Å². The predicted molar refractivity (Wildman–Crippen MR) is 86.5 cm³/mol. The van der Waals surface area contributed by atoms with Gasteiger partial charge >= 0.3 is 0 Å². The van der Waals surface area contributed by atoms with Crippen LogP contribution in [0.3, 0.4) is 0 Å². The zero-order chi connectivity index (χ0) is 17.0. The van der Waals surface area contributed by atoms with Crippen molar-refractivity contribution in [1.29, 1.82) is 0 Å². The number of amides is 1. The first-order chi connectivity index (χ1) is 10.1. The highest BCUT2D eigenvalue weighted by Crippen LogP contribution is 2.28. The van der Waals surface area contributed by atoms with Crippen LogP contribution in [0.25, 0.3) is 0 Å². The molecule has 1 rings (SSSR count). The second-order valence-corrected chi connectivity index (χ2v) is 7.20. The molecule has 0 bridgehead atoms. The maximum atomic E-state index is 11.3. The molecule has 0 aliphatic rings. The van der Waals surface area contributed by atoms with Gasteiger partial charge in [-0.3, -0.25) is 4.79 Å². The standard InChI is InChI=1S/C16H30N4O2/c1-7-22-9-8-15(3,4)13-11-20(19-18-13)16(5,6)10-12(2)14(17)21/h11-12H,7-10H2,1-6H3,(H2,17,21). The molecule has 0 saturated carbocycles. The van der Waals surface area contributed by atoms with E-state index in [1.54, 1.807) is 0 Å². The van der Waals surface area contributed by atoms with E-state index in [1.165, 1.54) is 0 Å². The van der Waals surface area contributed by atoms with Crippen LogP contribution in [0.4, 0.5) is 0 Å². The fraction of sp³-hybridized carbons (Fsp3) is 0.812. The Balaban J connectivity index is 2.83. The molecule has 126 valence electrons. The third kappa shape index (κ3) is 4.80. The van der Waals surface area contributed by atoms with Gasteiger partial charge in [0.15, 0.2) is 0 Å². The SMILES string of the molecule is CCOCCC(C)(C)c1cn(C(C)(C)CC(C)C(N)=O)nn1. The lowest BCUT2D eigenvalue weighted by Gasteiger charge is -2.27. The van der Waals surface area contributed by atoms with Crippen molar-refractivity contribution >= 4 is 5.91 Å². The van der Waals surface area contributed by atoms with E-state index in [2.05, 4.69) is 24.2 Å². The lowest BCUT2D eigenvalue weighted by atomic mass is 9.86. The number of rotatable bonds is 9. The van der Waals surface area contributed by atoms with Gasteiger partial charge in [-0.05, 0) is 33.6 Å². The summed E-state index contributed by atoms with van der Waals surface area (Å²) < 4.78 is 7.28. The van der Waals surface area contributed by atoms with Crippen LogP contribution < -0.4 is 5.73 Å². The van der Waals surface area contributed by atoms with Crippen LogP contribution in [0.1, 0.15) is 60.1 Å². The Labute approximate surface area is 133 Å². The summed E-state index contributed by atoms with van der Waals surface area (Å²) in [6.07, 6.45) is 3.49. The Bertz CT molecular complexity index is 494. The molecule has 0 saturated heterocycles. The van der Waals surface area contributed by atoms with Gasteiger partial charge in [-0.15, -0.1) is 5.10 Å². The quantitative estimate of drug-likeness (QED) is 0.709. The smallest absolute Gasteiger partial charge is 0.220 e. The largest absolute Gasteiger partial charge is 0.382 e. The lowest BCUT2D eigenvalue weighted by Crippen LogP contribution is -2.33. The molecular weight excluding hydrogens is 280 g/mol. The molecule has 1 aromatic heterocycles. The first-order valence-electron chi connectivity index (χ1n) is 7.90. The van der Waals surface area contributed by atoms with Crippen LogP contribution in [0, 0.1) is 5.92 Å². The molecular formula is C16H30N4O2. The Hall–Kier alpha value is -1.43. The van der Waals surface area contributed by atoms with Crippen molar-refractivity contribution < 1.29 is 9.53 Å². The molecule has 2 N–H and O–H groups in total. The van der Waals surface area contributed by atoms with E-state index in [1.807, 2.05) is 38.6 Å². The van der Waals surface area contributed by atoms with Crippen molar-refractivity contribution in [3.05, 3.63) is 11.9 Å². The van der Waals surface area contributed by atoms with E-state index < -0.39 is 0 Å². The Morgan fingerprint density at radius 1 is 1.41 bits per heavy atom. The molecule has 0 fully saturated rings. The Kier molecular flexibility index (Phi) is 6.11. The summed E-state index contributed by atoms with van der Waals surface area (Å²) in [5.41, 5.74) is 5.89. The second kappa shape index (κ2) is 7.22. The van der Waals surface area contributed by atoms with Gasteiger partial charge < -0.3 is 10.5 Å². The monoisotopic (exact) mass is 310 g/mol. The summed E-state index contributed by atoms with van der Waals surface area (Å²) in [7, 11) is 0. The van der Waals surface area contributed by atoms with Crippen LogP contribution >= 0.6 is 0 Å². The molecule has 1 atom stereocenters. The number of carbonyl (C=O) groups is 1. The first-order valence-corrected chi connectivity index (χ1v) is 7.90. The van der Waals surface area contributed by atoms with E-state index in [-0.39, 0.29) is 22.8 Å². The van der Waals surface area contributed by atoms with Gasteiger partial charge in [0.05, 0.1) is 11.2 Å². The molecule has 22 heavy (non-hydrogen) atoms. The number of nitrogens with two attached hydrogens (primary N) is 1. The summed E-state index contributed by atoms with van der Waals surface area (Å²) in [5.74, 6) is -0.487. The molecule has 0 aliphatic carbocycles. The molecule has 6 nitrogen and oxygen atoms in total. The van der Waals surface area contributed by atoms with Crippen LogP contribution in [0.2, 0.25) is 0 Å². The van der Waals surface area contributed by atoms with Crippen LogP contribution in [-0.2, 0) is 20.5 Å². The van der Waals surface area contributed by atoms with Crippen molar-refractivity contribution in [2.24, 2.45) is 11.7 Å². The zero-order valence-electron chi connectivity index (χ0n) is 14.7. The number of hydrogen-bond donors (Lipinski definition) is 1. The molecule has 1 unspecified atom stereocenters. The summed E-state index contributed by atoms with van der Waals surface area (Å²) >= 11 is 0. The molecule has 0 aliphatic heterocycles. The van der Waals surface area contributed by atoms with Crippen LogP contribution in [0.15, 0.2) is 6.20 Å². The number of carbonyl (C=O) groups excluding carboxylic acids is 1. The number of hydrogen-bond acceptors (Lipinski definition) is 4. The maximum Gasteiger partial charge on any atom is 0.220 e. The van der Waals surface area contributed by atoms with Crippen molar-refractivity contribution in [2.45, 2.75) is 65.3 Å². The number of nitrogens with zero attached hydrogens (tertiary/aromatic N) is 3. The van der Waals surface area contributed by atoms with Gasteiger partial charge in [0, 0.05) is 30.7 Å². The average Bonchev–Trinajstić information content (AvgIpc) is 2.89. The molecule has 1 amide bonds. The summed E-state index contributed by atoms with van der Waals surface area (Å²) in [6, 6.07) is 0. The minimum Gasteiger partial charge on any atom is -0.382 e. The van der Waals surface area contributed by atoms with Gasteiger partial charge in [0.25, 0.3) is 0 Å². The minimum atomic E-state index is -0.310. The van der Waals surface area contributed by atoms with E-state index in [9.17, 15) is 4.79 Å². The summed E-state index contributed by atoms with van der Waals surface area (Å²) in [5, 5.41) is 8.59. The van der Waals surface area contributed by atoms with Gasteiger partial charge in [0.1, 0.15) is 0 Å². The molecule has 0 spiro atoms. The fourth-order valence-corrected chi connectivity index (χ4v) is 2.41. The van der Waals surface area contributed by atoms with Crippen molar-refractivity contribution in [3.8, 4) is 0 Å². The third-order valence-corrected chi connectivity index (χ3v) is 4.17.